The number of fused-ring (bicyclic) bond motifs is 1. The van der Waals surface area contributed by atoms with Gasteiger partial charge in [-0.15, -0.1) is 0 Å². The minimum Gasteiger partial charge on any atom is -0.456 e. The Bertz CT molecular complexity index is 1530. The number of ether oxygens (including phenoxy) is 3. The van der Waals surface area contributed by atoms with Crippen LogP contribution in [0.15, 0.2) is 42.5 Å². The molecule has 1 unspecified atom stereocenters. The highest BCUT2D eigenvalue weighted by atomic mass is 16.6. The van der Waals surface area contributed by atoms with E-state index >= 15 is 0 Å². The number of hydrogen-bond donors (Lipinski definition) is 2. The Hall–Kier alpha value is -4.12. The molecular weight excluding hydrogens is 636 g/mol. The molecule has 0 bridgehead atoms. The molecule has 2 aromatic rings. The maximum atomic E-state index is 14.3. The zero-order chi connectivity index (χ0) is 36.2. The van der Waals surface area contributed by atoms with Crippen LogP contribution in [0.2, 0.25) is 0 Å². The SMILES string of the molecule is COC1CCN(c2cccc3c2CCN(C(=O)[C@H]2CC[C@H](NC(=O)OC(C)(C)C)CC2)C3C(=O)Nc2ccc(C(=O)OC(C)(C)C)cc2)CC1. The van der Waals surface area contributed by atoms with E-state index in [0.29, 0.717) is 49.9 Å². The number of nitrogens with zero attached hydrogens (tertiary/aromatic N) is 2. The van der Waals surface area contributed by atoms with E-state index in [1.807, 2.05) is 53.7 Å². The number of amides is 3. The van der Waals surface area contributed by atoms with Crippen molar-refractivity contribution in [3.63, 3.8) is 0 Å². The van der Waals surface area contributed by atoms with E-state index in [-0.39, 0.29) is 29.9 Å². The number of rotatable bonds is 7. The molecule has 5 rings (SSSR count). The Morgan fingerprint density at radius 3 is 2.02 bits per heavy atom. The smallest absolute Gasteiger partial charge is 0.407 e. The highest BCUT2D eigenvalue weighted by molar-refractivity contribution is 5.99. The van der Waals surface area contributed by atoms with Crippen molar-refractivity contribution >= 4 is 35.3 Å². The number of hydrogen-bond acceptors (Lipinski definition) is 8. The molecule has 1 atom stereocenters. The average Bonchev–Trinajstić information content (AvgIpc) is 3.06. The van der Waals surface area contributed by atoms with Crippen LogP contribution in [0.5, 0.6) is 0 Å². The third-order valence-corrected chi connectivity index (χ3v) is 9.63. The van der Waals surface area contributed by atoms with Crippen molar-refractivity contribution in [1.82, 2.24) is 10.2 Å². The maximum Gasteiger partial charge on any atom is 0.407 e. The minimum absolute atomic E-state index is 0.0434. The van der Waals surface area contributed by atoms with Crippen molar-refractivity contribution in [2.45, 2.75) is 116 Å². The van der Waals surface area contributed by atoms with Gasteiger partial charge in [0.2, 0.25) is 5.91 Å². The third kappa shape index (κ3) is 9.35. The summed E-state index contributed by atoms with van der Waals surface area (Å²) in [5.74, 6) is -1.04. The molecule has 2 aromatic carbocycles. The molecule has 0 aromatic heterocycles. The van der Waals surface area contributed by atoms with Crippen molar-refractivity contribution in [2.24, 2.45) is 5.92 Å². The van der Waals surface area contributed by atoms with Gasteiger partial charge in [0.25, 0.3) is 5.91 Å². The first-order valence-corrected chi connectivity index (χ1v) is 18.0. The maximum absolute atomic E-state index is 14.3. The van der Waals surface area contributed by atoms with Gasteiger partial charge in [-0.1, -0.05) is 12.1 Å². The van der Waals surface area contributed by atoms with Gasteiger partial charge in [-0.2, -0.15) is 0 Å². The van der Waals surface area contributed by atoms with Crippen molar-refractivity contribution in [3.05, 3.63) is 59.2 Å². The third-order valence-electron chi connectivity index (χ3n) is 9.63. The summed E-state index contributed by atoms with van der Waals surface area (Å²) in [4.78, 5) is 57.7. The highest BCUT2D eigenvalue weighted by Crippen LogP contribution is 2.39. The first-order chi connectivity index (χ1) is 23.6. The molecule has 0 spiro atoms. The number of benzene rings is 2. The molecule has 2 fully saturated rings. The standard InChI is InChI=1S/C39H54N4O7/c1-38(2,3)49-36(46)26-13-17-27(18-14-26)40-34(44)33-31-9-8-10-32(42-22-19-29(48-7)20-23-42)30(31)21-24-43(33)35(45)25-11-15-28(16-12-25)41-37(47)50-39(4,5)6/h8-10,13-14,17-18,25,28-29,33H,11-12,15-16,19-24H2,1-7H3,(H,40,44)(H,41,47)/t25-,28-,33?. The molecule has 2 heterocycles. The van der Waals surface area contributed by atoms with Crippen LogP contribution >= 0.6 is 0 Å². The van der Waals surface area contributed by atoms with Crippen molar-refractivity contribution in [2.75, 3.05) is 37.0 Å². The fourth-order valence-electron chi connectivity index (χ4n) is 7.23. The topological polar surface area (TPSA) is 127 Å². The van der Waals surface area contributed by atoms with Gasteiger partial charge in [-0.05, 0) is 128 Å². The van der Waals surface area contributed by atoms with E-state index in [1.54, 1.807) is 36.3 Å². The first kappa shape index (κ1) is 37.1. The Balaban J connectivity index is 1.36. The molecule has 2 N–H and O–H groups in total. The van der Waals surface area contributed by atoms with Crippen molar-refractivity contribution in [3.8, 4) is 0 Å². The molecule has 272 valence electrons. The predicted octanol–water partition coefficient (Wildman–Crippen LogP) is 6.41. The quantitative estimate of drug-likeness (QED) is 0.320. The van der Waals surface area contributed by atoms with Crippen molar-refractivity contribution in [1.29, 1.82) is 0 Å². The van der Waals surface area contributed by atoms with Gasteiger partial charge in [0, 0.05) is 50.1 Å². The van der Waals surface area contributed by atoms with E-state index in [4.69, 9.17) is 14.2 Å². The van der Waals surface area contributed by atoms with Gasteiger partial charge in [0.1, 0.15) is 17.2 Å². The highest BCUT2D eigenvalue weighted by Gasteiger charge is 2.41. The van der Waals surface area contributed by atoms with Gasteiger partial charge >= 0.3 is 12.1 Å². The van der Waals surface area contributed by atoms with Gasteiger partial charge in [0.05, 0.1) is 11.7 Å². The van der Waals surface area contributed by atoms with Crippen LogP contribution in [-0.4, -0.2) is 78.9 Å². The number of carbonyl (C=O) groups excluding carboxylic acids is 4. The lowest BCUT2D eigenvalue weighted by atomic mass is 9.83. The lowest BCUT2D eigenvalue weighted by molar-refractivity contribution is -0.144. The number of alkyl carbamates (subject to hydrolysis) is 1. The van der Waals surface area contributed by atoms with Gasteiger partial charge in [-0.25, -0.2) is 9.59 Å². The predicted molar refractivity (Wildman–Crippen MR) is 192 cm³/mol. The molecule has 2 aliphatic heterocycles. The van der Waals surface area contributed by atoms with Crippen LogP contribution < -0.4 is 15.5 Å². The molecule has 1 saturated heterocycles. The summed E-state index contributed by atoms with van der Waals surface area (Å²) in [6.07, 6.45) is 4.83. The largest absolute Gasteiger partial charge is 0.456 e. The Kier molecular flexibility index (Phi) is 11.4. The average molecular weight is 691 g/mol. The van der Waals surface area contributed by atoms with Crippen LogP contribution in [0.1, 0.15) is 108 Å². The number of piperidine rings is 1. The normalized spacial score (nSPS) is 21.5. The molecule has 11 nitrogen and oxygen atoms in total. The number of esters is 1. The molecule has 1 saturated carbocycles. The summed E-state index contributed by atoms with van der Waals surface area (Å²) in [6.45, 7) is 13.1. The number of methoxy groups -OCH3 is 1. The van der Waals surface area contributed by atoms with Gasteiger partial charge in [-0.3, -0.25) is 9.59 Å². The molecule has 0 radical (unpaired) electrons. The minimum atomic E-state index is -0.828. The van der Waals surface area contributed by atoms with E-state index in [1.165, 1.54) is 0 Å². The summed E-state index contributed by atoms with van der Waals surface area (Å²) >= 11 is 0. The molecule has 3 amide bonds. The molecule has 1 aliphatic carbocycles. The molecule has 50 heavy (non-hydrogen) atoms. The summed E-state index contributed by atoms with van der Waals surface area (Å²) in [7, 11) is 1.76. The second-order valence-corrected chi connectivity index (χ2v) is 15.7. The summed E-state index contributed by atoms with van der Waals surface area (Å²) in [5.41, 5.74) is 2.73. The summed E-state index contributed by atoms with van der Waals surface area (Å²) < 4.78 is 16.5. The second-order valence-electron chi connectivity index (χ2n) is 15.7. The zero-order valence-corrected chi connectivity index (χ0v) is 30.7. The molecular formula is C39H54N4O7. The number of nitrogens with one attached hydrogen (secondary N) is 2. The van der Waals surface area contributed by atoms with E-state index in [2.05, 4.69) is 21.6 Å². The fraction of sp³-hybridized carbons (Fsp3) is 0.590. The molecule has 11 heteroatoms. The van der Waals surface area contributed by atoms with Gasteiger partial charge < -0.3 is 34.6 Å². The monoisotopic (exact) mass is 690 g/mol. The lowest BCUT2D eigenvalue weighted by Gasteiger charge is -2.42. The fourth-order valence-corrected chi connectivity index (χ4v) is 7.23. The van der Waals surface area contributed by atoms with Crippen LogP contribution in [0.25, 0.3) is 0 Å². The molecule has 3 aliphatic rings. The summed E-state index contributed by atoms with van der Waals surface area (Å²) in [6, 6.07) is 11.8. The Labute approximate surface area is 296 Å². The van der Waals surface area contributed by atoms with Crippen LogP contribution in [0, 0.1) is 5.92 Å². The van der Waals surface area contributed by atoms with Crippen LogP contribution in [0.3, 0.4) is 0 Å². The van der Waals surface area contributed by atoms with Crippen LogP contribution in [0.4, 0.5) is 16.2 Å². The Morgan fingerprint density at radius 2 is 1.42 bits per heavy atom. The zero-order valence-electron chi connectivity index (χ0n) is 30.7. The van der Waals surface area contributed by atoms with E-state index in [9.17, 15) is 19.2 Å². The second kappa shape index (κ2) is 15.4. The van der Waals surface area contributed by atoms with Crippen molar-refractivity contribution < 1.29 is 33.4 Å². The van der Waals surface area contributed by atoms with Crippen LogP contribution in [-0.2, 0) is 30.2 Å². The lowest BCUT2D eigenvalue weighted by Crippen LogP contribution is -2.49. The van der Waals surface area contributed by atoms with E-state index in [0.717, 1.165) is 42.7 Å². The first-order valence-electron chi connectivity index (χ1n) is 18.0. The summed E-state index contributed by atoms with van der Waals surface area (Å²) in [5, 5.41) is 5.99. The Morgan fingerprint density at radius 1 is 0.780 bits per heavy atom. The number of anilines is 2. The van der Waals surface area contributed by atoms with Gasteiger partial charge in [0.15, 0.2) is 0 Å². The van der Waals surface area contributed by atoms with E-state index < -0.39 is 29.3 Å². The number of carbonyl (C=O) groups is 4.